The lowest BCUT2D eigenvalue weighted by Gasteiger charge is -2.35. The fourth-order valence-electron chi connectivity index (χ4n) is 5.84. The number of rotatable bonds is 0. The molecular weight excluding hydrogens is 384 g/mol. The summed E-state index contributed by atoms with van der Waals surface area (Å²) in [6, 6.07) is 29.4. The van der Waals surface area contributed by atoms with Gasteiger partial charge in [0.1, 0.15) is 0 Å². The third-order valence-electron chi connectivity index (χ3n) is 7.00. The van der Waals surface area contributed by atoms with Gasteiger partial charge in [-0.2, -0.15) is 0 Å². The topological polar surface area (TPSA) is 0 Å². The fraction of sp³-hybridized carbons (Fsp3) is 0.172. The van der Waals surface area contributed by atoms with Gasteiger partial charge in [0.05, 0.1) is 5.41 Å². The van der Waals surface area contributed by atoms with Crippen LogP contribution in [0.25, 0.3) is 11.1 Å². The van der Waals surface area contributed by atoms with Crippen LogP contribution in [0, 0.1) is 13.8 Å². The Hall–Kier alpha value is -2.83. The molecule has 2 aliphatic rings. The molecular formula is C29H23Cl. The molecule has 30 heavy (non-hydrogen) atoms. The second-order valence-electron chi connectivity index (χ2n) is 8.81. The zero-order chi connectivity index (χ0) is 20.5. The highest BCUT2D eigenvalue weighted by molar-refractivity contribution is 6.30. The van der Waals surface area contributed by atoms with Gasteiger partial charge in [0.25, 0.3) is 0 Å². The molecule has 1 heteroatoms. The van der Waals surface area contributed by atoms with Crippen molar-refractivity contribution in [2.75, 3.05) is 0 Å². The Labute approximate surface area is 183 Å². The number of hydrogen-bond donors (Lipinski definition) is 0. The minimum absolute atomic E-state index is 0.320. The minimum atomic E-state index is -0.320. The van der Waals surface area contributed by atoms with E-state index in [4.69, 9.17) is 11.6 Å². The highest BCUT2D eigenvalue weighted by atomic mass is 35.5. The van der Waals surface area contributed by atoms with Gasteiger partial charge in [-0.25, -0.2) is 0 Å². The van der Waals surface area contributed by atoms with E-state index in [1.54, 1.807) is 0 Å². The van der Waals surface area contributed by atoms with E-state index < -0.39 is 0 Å². The number of aryl methyl sites for hydroxylation is 4. The third-order valence-corrected chi connectivity index (χ3v) is 7.24. The first kappa shape index (κ1) is 18.0. The molecule has 0 bridgehead atoms. The SMILES string of the molecule is Cc1ccc2c(c1)CCc1cc(C)ccc1C21c2ccccc2-c2ccc(Cl)cc21. The standard InChI is InChI=1S/C29H23Cl/c1-18-7-13-25-20(15-18)9-10-21-16-19(2)8-14-26(21)29(25)27-6-4-3-5-23(27)24-12-11-22(30)17-28(24)29/h3-8,11-17H,9-10H2,1-2H3. The fourth-order valence-corrected chi connectivity index (χ4v) is 6.01. The average molecular weight is 407 g/mol. The molecule has 4 aromatic rings. The lowest BCUT2D eigenvalue weighted by molar-refractivity contribution is 0.761. The van der Waals surface area contributed by atoms with Gasteiger partial charge in [0, 0.05) is 5.02 Å². The van der Waals surface area contributed by atoms with E-state index in [9.17, 15) is 0 Å². The summed E-state index contributed by atoms with van der Waals surface area (Å²) in [4.78, 5) is 0. The summed E-state index contributed by atoms with van der Waals surface area (Å²) in [5.74, 6) is 0. The van der Waals surface area contributed by atoms with Gasteiger partial charge < -0.3 is 0 Å². The van der Waals surface area contributed by atoms with Crippen molar-refractivity contribution < 1.29 is 0 Å². The monoisotopic (exact) mass is 406 g/mol. The molecule has 0 saturated heterocycles. The van der Waals surface area contributed by atoms with E-state index in [1.165, 1.54) is 55.6 Å². The number of benzene rings is 4. The van der Waals surface area contributed by atoms with E-state index in [-0.39, 0.29) is 5.41 Å². The van der Waals surface area contributed by atoms with Crippen LogP contribution in [0.5, 0.6) is 0 Å². The average Bonchev–Trinajstić information content (AvgIpc) is 2.94. The second-order valence-corrected chi connectivity index (χ2v) is 9.24. The van der Waals surface area contributed by atoms with Crippen molar-refractivity contribution in [2.24, 2.45) is 0 Å². The van der Waals surface area contributed by atoms with Crippen LogP contribution in [0.2, 0.25) is 5.02 Å². The highest BCUT2D eigenvalue weighted by Crippen LogP contribution is 2.58. The first-order valence-corrected chi connectivity index (χ1v) is 11.1. The smallest absolute Gasteiger partial charge is 0.0719 e. The van der Waals surface area contributed by atoms with E-state index in [1.807, 2.05) is 6.07 Å². The van der Waals surface area contributed by atoms with Crippen LogP contribution in [0.3, 0.4) is 0 Å². The largest absolute Gasteiger partial charge is 0.0843 e. The molecule has 0 aliphatic heterocycles. The quantitative estimate of drug-likeness (QED) is 0.251. The zero-order valence-electron chi connectivity index (χ0n) is 17.3. The molecule has 0 atom stereocenters. The molecule has 0 fully saturated rings. The van der Waals surface area contributed by atoms with Gasteiger partial charge in [-0.05, 0) is 83.3 Å². The predicted molar refractivity (Wildman–Crippen MR) is 126 cm³/mol. The van der Waals surface area contributed by atoms with E-state index in [2.05, 4.69) is 86.6 Å². The van der Waals surface area contributed by atoms with E-state index in [0.29, 0.717) is 0 Å². The van der Waals surface area contributed by atoms with E-state index >= 15 is 0 Å². The summed E-state index contributed by atoms with van der Waals surface area (Å²) in [5, 5.41) is 0.799. The van der Waals surface area contributed by atoms with Crippen LogP contribution < -0.4 is 0 Å². The van der Waals surface area contributed by atoms with Crippen molar-refractivity contribution >= 4 is 11.6 Å². The third kappa shape index (κ3) is 2.29. The van der Waals surface area contributed by atoms with E-state index in [0.717, 1.165) is 17.9 Å². The molecule has 0 aromatic heterocycles. The summed E-state index contributed by atoms with van der Waals surface area (Å²) in [7, 11) is 0. The van der Waals surface area contributed by atoms with Gasteiger partial charge in [-0.3, -0.25) is 0 Å². The van der Waals surface area contributed by atoms with Gasteiger partial charge in [-0.1, -0.05) is 89.5 Å². The molecule has 2 aliphatic carbocycles. The van der Waals surface area contributed by atoms with Gasteiger partial charge in [-0.15, -0.1) is 0 Å². The van der Waals surface area contributed by atoms with Crippen molar-refractivity contribution in [3.63, 3.8) is 0 Å². The molecule has 0 radical (unpaired) electrons. The summed E-state index contributed by atoms with van der Waals surface area (Å²) in [6.45, 7) is 4.39. The van der Waals surface area contributed by atoms with Crippen molar-refractivity contribution in [1.82, 2.24) is 0 Å². The Bertz CT molecular complexity index is 1270. The molecule has 0 saturated carbocycles. The Kier molecular flexibility index (Phi) is 3.80. The summed E-state index contributed by atoms with van der Waals surface area (Å²) >= 11 is 6.61. The maximum Gasteiger partial charge on any atom is 0.0719 e. The van der Waals surface area contributed by atoms with Gasteiger partial charge in [0.15, 0.2) is 0 Å². The van der Waals surface area contributed by atoms with Crippen molar-refractivity contribution in [1.29, 1.82) is 0 Å². The van der Waals surface area contributed by atoms with Crippen LogP contribution in [0.15, 0.2) is 78.9 Å². The molecule has 0 N–H and O–H groups in total. The summed E-state index contributed by atoms with van der Waals surface area (Å²) < 4.78 is 0. The Balaban J connectivity index is 1.85. The second kappa shape index (κ2) is 6.33. The zero-order valence-corrected chi connectivity index (χ0v) is 18.1. The highest BCUT2D eigenvalue weighted by Gasteiger charge is 2.48. The first-order valence-electron chi connectivity index (χ1n) is 10.7. The van der Waals surface area contributed by atoms with Crippen molar-refractivity contribution in [2.45, 2.75) is 32.1 Å². The first-order chi connectivity index (χ1) is 14.6. The van der Waals surface area contributed by atoms with Crippen molar-refractivity contribution in [3.05, 3.63) is 128 Å². The van der Waals surface area contributed by atoms with Gasteiger partial charge >= 0.3 is 0 Å². The molecule has 0 heterocycles. The normalized spacial score (nSPS) is 15.2. The molecule has 0 nitrogen and oxygen atoms in total. The lowest BCUT2D eigenvalue weighted by atomic mass is 9.66. The summed E-state index contributed by atoms with van der Waals surface area (Å²) in [5.41, 5.74) is 13.4. The van der Waals surface area contributed by atoms with Crippen LogP contribution in [-0.4, -0.2) is 0 Å². The van der Waals surface area contributed by atoms with Crippen LogP contribution in [0.4, 0.5) is 0 Å². The molecule has 146 valence electrons. The molecule has 1 spiro atoms. The molecule has 0 amide bonds. The Morgan fingerprint density at radius 2 is 1.20 bits per heavy atom. The lowest BCUT2D eigenvalue weighted by Crippen LogP contribution is -2.30. The summed E-state index contributed by atoms with van der Waals surface area (Å²) in [6.07, 6.45) is 2.13. The maximum absolute atomic E-state index is 6.61. The predicted octanol–water partition coefficient (Wildman–Crippen LogP) is 7.42. The van der Waals surface area contributed by atoms with Crippen LogP contribution in [-0.2, 0) is 18.3 Å². The molecule has 0 unspecified atom stereocenters. The number of fused-ring (bicyclic) bond motifs is 9. The maximum atomic E-state index is 6.61. The Morgan fingerprint density at radius 3 is 1.87 bits per heavy atom. The van der Waals surface area contributed by atoms with Gasteiger partial charge in [0.2, 0.25) is 0 Å². The Morgan fingerprint density at radius 1 is 0.600 bits per heavy atom. The minimum Gasteiger partial charge on any atom is -0.0843 e. The van der Waals surface area contributed by atoms with Crippen LogP contribution >= 0.6 is 11.6 Å². The van der Waals surface area contributed by atoms with Crippen molar-refractivity contribution in [3.8, 4) is 11.1 Å². The molecule has 6 rings (SSSR count). The number of halogens is 1. The number of hydrogen-bond acceptors (Lipinski definition) is 0. The molecule has 4 aromatic carbocycles. The van der Waals surface area contributed by atoms with Crippen LogP contribution in [0.1, 0.15) is 44.5 Å².